The molecule has 5 heteroatoms. The van der Waals surface area contributed by atoms with Crippen LogP contribution in [0.5, 0.6) is 11.5 Å². The van der Waals surface area contributed by atoms with Gasteiger partial charge in [-0.1, -0.05) is 0 Å². The van der Waals surface area contributed by atoms with Crippen LogP contribution in [-0.2, 0) is 0 Å². The van der Waals surface area contributed by atoms with E-state index in [0.717, 1.165) is 0 Å². The van der Waals surface area contributed by atoms with Crippen LogP contribution in [0.3, 0.4) is 0 Å². The summed E-state index contributed by atoms with van der Waals surface area (Å²) in [4.78, 5) is 0. The van der Waals surface area contributed by atoms with E-state index in [1.807, 2.05) is 0 Å². The van der Waals surface area contributed by atoms with Crippen molar-refractivity contribution >= 4 is 0 Å². The first kappa shape index (κ1) is 12.7. The average molecular weight is 229 g/mol. The molecule has 0 radical (unpaired) electrons. The van der Waals surface area contributed by atoms with Gasteiger partial charge in [0.05, 0.1) is 14.2 Å². The molecule has 1 aromatic carbocycles. The minimum absolute atomic E-state index is 0.0883. The lowest BCUT2D eigenvalue weighted by Gasteiger charge is -2.15. The van der Waals surface area contributed by atoms with Gasteiger partial charge in [-0.15, -0.1) is 0 Å². The van der Waals surface area contributed by atoms with Crippen LogP contribution >= 0.6 is 0 Å². The molecular weight excluding hydrogens is 213 g/mol. The molecule has 0 aliphatic carbocycles. The van der Waals surface area contributed by atoms with Crippen molar-refractivity contribution in [1.29, 1.82) is 0 Å². The van der Waals surface area contributed by atoms with Crippen molar-refractivity contribution in [1.82, 2.24) is 0 Å². The van der Waals surface area contributed by atoms with Crippen molar-refractivity contribution in [2.45, 2.75) is 12.5 Å². The van der Waals surface area contributed by atoms with Gasteiger partial charge in [0.2, 0.25) is 0 Å². The van der Waals surface area contributed by atoms with Crippen LogP contribution in [0.15, 0.2) is 12.1 Å². The van der Waals surface area contributed by atoms with E-state index < -0.39 is 11.9 Å². The molecule has 0 fully saturated rings. The van der Waals surface area contributed by atoms with E-state index >= 15 is 0 Å². The Balaban J connectivity index is 3.10. The number of rotatable bonds is 5. The predicted molar refractivity (Wildman–Crippen MR) is 58.1 cm³/mol. The molecule has 1 aromatic rings. The molecule has 1 rings (SSSR count). The molecule has 0 aromatic heterocycles. The second kappa shape index (κ2) is 5.67. The lowest BCUT2D eigenvalue weighted by atomic mass is 10.0. The number of halogens is 1. The van der Waals surface area contributed by atoms with E-state index in [9.17, 15) is 4.39 Å². The number of hydrogen-bond donors (Lipinski definition) is 2. The van der Waals surface area contributed by atoms with Crippen molar-refractivity contribution in [3.63, 3.8) is 0 Å². The summed E-state index contributed by atoms with van der Waals surface area (Å²) in [5.41, 5.74) is 6.04. The van der Waals surface area contributed by atoms with Crippen molar-refractivity contribution in [2.24, 2.45) is 5.73 Å². The molecule has 1 atom stereocenters. The zero-order valence-electron chi connectivity index (χ0n) is 9.37. The molecule has 0 unspecified atom stereocenters. The van der Waals surface area contributed by atoms with Gasteiger partial charge in [0.1, 0.15) is 5.82 Å². The standard InChI is InChI=1S/C11H16FNO3/c1-15-10-5-7(9(13)3-4-14)8(12)6-11(10)16-2/h5-6,9,14H,3-4,13H2,1-2H3/t9-/m1/s1. The van der Waals surface area contributed by atoms with Crippen molar-refractivity contribution < 1.29 is 19.0 Å². The maximum absolute atomic E-state index is 13.6. The Hall–Kier alpha value is -1.33. The summed E-state index contributed by atoms with van der Waals surface area (Å²) in [6.45, 7) is -0.0883. The fourth-order valence-electron chi connectivity index (χ4n) is 1.45. The summed E-state index contributed by atoms with van der Waals surface area (Å²) in [7, 11) is 2.90. The average Bonchev–Trinajstić information content (AvgIpc) is 2.28. The van der Waals surface area contributed by atoms with E-state index in [0.29, 0.717) is 23.5 Å². The quantitative estimate of drug-likeness (QED) is 0.797. The Bertz CT molecular complexity index is 357. The molecule has 0 spiro atoms. The zero-order chi connectivity index (χ0) is 12.1. The number of methoxy groups -OCH3 is 2. The Kier molecular flexibility index (Phi) is 4.52. The molecule has 3 N–H and O–H groups in total. The summed E-state index contributed by atoms with van der Waals surface area (Å²) >= 11 is 0. The molecule has 0 saturated carbocycles. The largest absolute Gasteiger partial charge is 0.493 e. The minimum Gasteiger partial charge on any atom is -0.493 e. The Morgan fingerprint density at radius 2 is 1.88 bits per heavy atom. The number of ether oxygens (including phenoxy) is 2. The van der Waals surface area contributed by atoms with Gasteiger partial charge in [0.25, 0.3) is 0 Å². The number of aliphatic hydroxyl groups is 1. The molecular formula is C11H16FNO3. The van der Waals surface area contributed by atoms with E-state index in [-0.39, 0.29) is 6.61 Å². The van der Waals surface area contributed by atoms with Crippen LogP contribution in [0.4, 0.5) is 4.39 Å². The lowest BCUT2D eigenvalue weighted by molar-refractivity contribution is 0.275. The highest BCUT2D eigenvalue weighted by atomic mass is 19.1. The van der Waals surface area contributed by atoms with E-state index in [1.165, 1.54) is 26.4 Å². The van der Waals surface area contributed by atoms with Gasteiger partial charge in [-0.05, 0) is 12.5 Å². The molecule has 4 nitrogen and oxygen atoms in total. The van der Waals surface area contributed by atoms with E-state index in [4.69, 9.17) is 20.3 Å². The predicted octanol–water partition coefficient (Wildman–Crippen LogP) is 1.23. The summed E-state index contributed by atoms with van der Waals surface area (Å²) in [5.74, 6) is 0.283. The Labute approximate surface area is 93.8 Å². The second-order valence-electron chi connectivity index (χ2n) is 3.35. The highest BCUT2D eigenvalue weighted by molar-refractivity contribution is 5.44. The van der Waals surface area contributed by atoms with Gasteiger partial charge >= 0.3 is 0 Å². The van der Waals surface area contributed by atoms with Crippen molar-refractivity contribution in [3.8, 4) is 11.5 Å². The molecule has 0 bridgehead atoms. The highest BCUT2D eigenvalue weighted by Gasteiger charge is 2.15. The molecule has 0 amide bonds. The van der Waals surface area contributed by atoms with E-state index in [1.54, 1.807) is 0 Å². The lowest BCUT2D eigenvalue weighted by Crippen LogP contribution is -2.14. The summed E-state index contributed by atoms with van der Waals surface area (Å²) in [5, 5.41) is 8.76. The van der Waals surface area contributed by atoms with Crippen LogP contribution in [0, 0.1) is 5.82 Å². The number of hydrogen-bond acceptors (Lipinski definition) is 4. The zero-order valence-corrected chi connectivity index (χ0v) is 9.37. The third kappa shape index (κ3) is 2.62. The van der Waals surface area contributed by atoms with Gasteiger partial charge < -0.3 is 20.3 Å². The maximum atomic E-state index is 13.6. The van der Waals surface area contributed by atoms with E-state index in [2.05, 4.69) is 0 Å². The number of benzene rings is 1. The first-order valence-corrected chi connectivity index (χ1v) is 4.91. The van der Waals surface area contributed by atoms with Gasteiger partial charge in [-0.25, -0.2) is 4.39 Å². The molecule has 0 heterocycles. The van der Waals surface area contributed by atoms with Crippen molar-refractivity contribution in [3.05, 3.63) is 23.5 Å². The Morgan fingerprint density at radius 1 is 1.31 bits per heavy atom. The molecule has 0 aliphatic heterocycles. The molecule has 0 saturated heterocycles. The SMILES string of the molecule is COc1cc(F)c([C@H](N)CCO)cc1OC. The first-order chi connectivity index (χ1) is 7.63. The second-order valence-corrected chi connectivity index (χ2v) is 3.35. The number of aliphatic hydroxyl groups excluding tert-OH is 1. The molecule has 16 heavy (non-hydrogen) atoms. The van der Waals surface area contributed by atoms with Crippen LogP contribution < -0.4 is 15.2 Å². The monoisotopic (exact) mass is 229 g/mol. The smallest absolute Gasteiger partial charge is 0.163 e. The van der Waals surface area contributed by atoms with Gasteiger partial charge in [0.15, 0.2) is 11.5 Å². The van der Waals surface area contributed by atoms with Crippen LogP contribution in [-0.4, -0.2) is 25.9 Å². The van der Waals surface area contributed by atoms with Crippen LogP contribution in [0.1, 0.15) is 18.0 Å². The number of nitrogens with two attached hydrogens (primary N) is 1. The third-order valence-corrected chi connectivity index (χ3v) is 2.34. The van der Waals surface area contributed by atoms with Gasteiger partial charge in [-0.3, -0.25) is 0 Å². The fourth-order valence-corrected chi connectivity index (χ4v) is 1.45. The van der Waals surface area contributed by atoms with Gasteiger partial charge in [-0.2, -0.15) is 0 Å². The minimum atomic E-state index is -0.551. The van der Waals surface area contributed by atoms with Gasteiger partial charge in [0, 0.05) is 24.3 Å². The maximum Gasteiger partial charge on any atom is 0.163 e. The third-order valence-electron chi connectivity index (χ3n) is 2.34. The molecule has 90 valence electrons. The summed E-state index contributed by atoms with van der Waals surface area (Å²) in [6.07, 6.45) is 0.298. The van der Waals surface area contributed by atoms with Crippen LogP contribution in [0.2, 0.25) is 0 Å². The van der Waals surface area contributed by atoms with Crippen molar-refractivity contribution in [2.75, 3.05) is 20.8 Å². The normalized spacial score (nSPS) is 12.3. The summed E-state index contributed by atoms with van der Waals surface area (Å²) in [6, 6.07) is 2.17. The summed E-state index contributed by atoms with van der Waals surface area (Å²) < 4.78 is 23.6. The Morgan fingerprint density at radius 3 is 2.38 bits per heavy atom. The molecule has 0 aliphatic rings. The highest BCUT2D eigenvalue weighted by Crippen LogP contribution is 2.32. The van der Waals surface area contributed by atoms with Crippen LogP contribution in [0.25, 0.3) is 0 Å². The fraction of sp³-hybridized carbons (Fsp3) is 0.455. The topological polar surface area (TPSA) is 64.7 Å². The first-order valence-electron chi connectivity index (χ1n) is 4.91.